The molecule has 158 valence electrons. The van der Waals surface area contributed by atoms with Crippen molar-refractivity contribution in [3.8, 4) is 5.75 Å². The number of ether oxygens (including phenoxy) is 1. The second-order valence-electron chi connectivity index (χ2n) is 6.70. The summed E-state index contributed by atoms with van der Waals surface area (Å²) in [6.07, 6.45) is 3.17. The van der Waals surface area contributed by atoms with Gasteiger partial charge in [-0.25, -0.2) is 4.79 Å². The van der Waals surface area contributed by atoms with E-state index in [9.17, 15) is 19.5 Å². The molecule has 3 rings (SSSR count). The molecule has 2 aromatic carbocycles. The van der Waals surface area contributed by atoms with Crippen LogP contribution in [0.15, 0.2) is 73.1 Å². The van der Waals surface area contributed by atoms with Gasteiger partial charge in [0.1, 0.15) is 11.8 Å². The highest BCUT2D eigenvalue weighted by molar-refractivity contribution is 6.04. The van der Waals surface area contributed by atoms with Crippen molar-refractivity contribution in [3.63, 3.8) is 0 Å². The Balaban J connectivity index is 1.66. The number of amides is 2. The Morgan fingerprint density at radius 1 is 1.00 bits per heavy atom. The molecule has 2 amide bonds. The van der Waals surface area contributed by atoms with E-state index in [4.69, 9.17) is 4.74 Å². The number of nitrogens with one attached hydrogen (secondary N) is 2. The number of aromatic nitrogens is 1. The lowest BCUT2D eigenvalue weighted by molar-refractivity contribution is -0.142. The summed E-state index contributed by atoms with van der Waals surface area (Å²) in [4.78, 5) is 40.7. The Hall–Kier alpha value is -4.20. The van der Waals surface area contributed by atoms with E-state index < -0.39 is 17.9 Å². The maximum atomic E-state index is 12.4. The van der Waals surface area contributed by atoms with E-state index in [1.165, 1.54) is 25.4 Å². The van der Waals surface area contributed by atoms with Crippen LogP contribution >= 0.6 is 0 Å². The molecule has 0 aliphatic carbocycles. The summed E-state index contributed by atoms with van der Waals surface area (Å²) >= 11 is 0. The van der Waals surface area contributed by atoms with Gasteiger partial charge in [0.15, 0.2) is 0 Å². The van der Waals surface area contributed by atoms with Gasteiger partial charge in [0.05, 0.1) is 12.7 Å². The first-order chi connectivity index (χ1) is 15.0. The lowest BCUT2D eigenvalue weighted by Crippen LogP contribution is -2.43. The molecule has 0 radical (unpaired) electrons. The maximum absolute atomic E-state index is 12.4. The van der Waals surface area contributed by atoms with Crippen molar-refractivity contribution in [2.75, 3.05) is 12.4 Å². The van der Waals surface area contributed by atoms with Crippen LogP contribution in [-0.4, -0.2) is 41.0 Å². The Kier molecular flexibility index (Phi) is 6.95. The van der Waals surface area contributed by atoms with Gasteiger partial charge in [-0.15, -0.1) is 0 Å². The number of phenols is 1. The van der Waals surface area contributed by atoms with Crippen LogP contribution in [-0.2, 0) is 16.0 Å². The van der Waals surface area contributed by atoms with Crippen LogP contribution in [0.3, 0.4) is 0 Å². The van der Waals surface area contributed by atoms with Crippen LogP contribution in [0, 0.1) is 0 Å². The average molecular weight is 419 g/mol. The third-order valence-electron chi connectivity index (χ3n) is 4.47. The van der Waals surface area contributed by atoms with Crippen molar-refractivity contribution in [1.82, 2.24) is 10.3 Å². The summed E-state index contributed by atoms with van der Waals surface area (Å²) < 4.78 is 4.81. The molecule has 31 heavy (non-hydrogen) atoms. The van der Waals surface area contributed by atoms with Gasteiger partial charge in [-0.2, -0.15) is 0 Å². The number of benzene rings is 2. The van der Waals surface area contributed by atoms with E-state index >= 15 is 0 Å². The van der Waals surface area contributed by atoms with Gasteiger partial charge in [0, 0.05) is 30.1 Å². The van der Waals surface area contributed by atoms with Gasteiger partial charge in [0.2, 0.25) is 0 Å². The number of pyridine rings is 1. The zero-order valence-corrected chi connectivity index (χ0v) is 16.7. The molecule has 0 unspecified atom stereocenters. The molecule has 3 aromatic rings. The molecule has 1 atom stereocenters. The van der Waals surface area contributed by atoms with Crippen molar-refractivity contribution in [1.29, 1.82) is 0 Å². The van der Waals surface area contributed by atoms with Crippen molar-refractivity contribution in [3.05, 3.63) is 89.7 Å². The standard InChI is InChI=1S/C23H21N3O5/c1-31-23(30)20(26-22(29)17-5-3-11-24-14-17)12-15-7-9-18(10-8-15)25-21(28)16-4-2-6-19(27)13-16/h2-11,13-14,20,27H,12H2,1H3,(H,25,28)(H,26,29)/t20-/m0/s1. The Bertz CT molecular complexity index is 1070. The Morgan fingerprint density at radius 3 is 2.39 bits per heavy atom. The summed E-state index contributed by atoms with van der Waals surface area (Å²) in [5, 5.41) is 14.9. The molecule has 0 bridgehead atoms. The molecule has 1 aromatic heterocycles. The van der Waals surface area contributed by atoms with Crippen molar-refractivity contribution in [2.24, 2.45) is 0 Å². The third-order valence-corrected chi connectivity index (χ3v) is 4.47. The summed E-state index contributed by atoms with van der Waals surface area (Å²) in [5.74, 6) is -1.36. The van der Waals surface area contributed by atoms with Crippen LogP contribution in [0.1, 0.15) is 26.3 Å². The number of nitrogens with zero attached hydrogens (tertiary/aromatic N) is 1. The predicted molar refractivity (Wildman–Crippen MR) is 114 cm³/mol. The first kappa shape index (κ1) is 21.5. The number of hydrogen-bond donors (Lipinski definition) is 3. The maximum Gasteiger partial charge on any atom is 0.328 e. The number of esters is 1. The van der Waals surface area contributed by atoms with Gasteiger partial charge in [-0.1, -0.05) is 18.2 Å². The first-order valence-electron chi connectivity index (χ1n) is 9.44. The van der Waals surface area contributed by atoms with Crippen molar-refractivity contribution < 1.29 is 24.2 Å². The van der Waals surface area contributed by atoms with Gasteiger partial charge < -0.3 is 20.5 Å². The summed E-state index contributed by atoms with van der Waals surface area (Å²) in [5.41, 5.74) is 1.97. The molecule has 0 saturated carbocycles. The highest BCUT2D eigenvalue weighted by Gasteiger charge is 2.22. The van der Waals surface area contributed by atoms with Gasteiger partial charge in [0.25, 0.3) is 11.8 Å². The Labute approximate surface area is 178 Å². The highest BCUT2D eigenvalue weighted by Crippen LogP contribution is 2.16. The first-order valence-corrected chi connectivity index (χ1v) is 9.44. The van der Waals surface area contributed by atoms with Crippen molar-refractivity contribution >= 4 is 23.5 Å². The lowest BCUT2D eigenvalue weighted by atomic mass is 10.0. The second kappa shape index (κ2) is 10.0. The second-order valence-corrected chi connectivity index (χ2v) is 6.70. The smallest absolute Gasteiger partial charge is 0.328 e. The normalized spacial score (nSPS) is 11.3. The fourth-order valence-electron chi connectivity index (χ4n) is 2.88. The number of anilines is 1. The molecule has 0 aliphatic rings. The number of hydrogen-bond acceptors (Lipinski definition) is 6. The van der Waals surface area contributed by atoms with Gasteiger partial charge in [-0.3, -0.25) is 14.6 Å². The molecular formula is C23H21N3O5. The SMILES string of the molecule is COC(=O)[C@H](Cc1ccc(NC(=O)c2cccc(O)c2)cc1)NC(=O)c1cccnc1. The largest absolute Gasteiger partial charge is 0.508 e. The number of carbonyl (C=O) groups is 3. The zero-order valence-electron chi connectivity index (χ0n) is 16.7. The topological polar surface area (TPSA) is 118 Å². The number of phenolic OH excluding ortho intramolecular Hbond substituents is 1. The fourth-order valence-corrected chi connectivity index (χ4v) is 2.88. The van der Waals surface area contributed by atoms with E-state index in [2.05, 4.69) is 15.6 Å². The minimum Gasteiger partial charge on any atom is -0.508 e. The zero-order chi connectivity index (χ0) is 22.2. The minimum absolute atomic E-state index is 0.00480. The van der Waals surface area contributed by atoms with E-state index in [0.717, 1.165) is 5.56 Å². The number of aromatic hydroxyl groups is 1. The van der Waals surface area contributed by atoms with Crippen LogP contribution < -0.4 is 10.6 Å². The lowest BCUT2D eigenvalue weighted by Gasteiger charge is -2.17. The van der Waals surface area contributed by atoms with E-state index in [1.807, 2.05) is 0 Å². The average Bonchev–Trinajstić information content (AvgIpc) is 2.79. The molecular weight excluding hydrogens is 398 g/mol. The molecule has 8 nitrogen and oxygen atoms in total. The molecule has 0 fully saturated rings. The van der Waals surface area contributed by atoms with Crippen LogP contribution in [0.4, 0.5) is 5.69 Å². The predicted octanol–water partition coefficient (Wildman–Crippen LogP) is 2.55. The molecule has 0 saturated heterocycles. The third kappa shape index (κ3) is 5.89. The quantitative estimate of drug-likeness (QED) is 0.507. The van der Waals surface area contributed by atoms with Gasteiger partial charge >= 0.3 is 5.97 Å². The van der Waals surface area contributed by atoms with Crippen molar-refractivity contribution in [2.45, 2.75) is 12.5 Å². The molecule has 0 aliphatic heterocycles. The molecule has 8 heteroatoms. The fraction of sp³-hybridized carbons (Fsp3) is 0.130. The van der Waals surface area contributed by atoms with Gasteiger partial charge in [-0.05, 0) is 48.0 Å². The van der Waals surface area contributed by atoms with E-state index in [0.29, 0.717) is 16.8 Å². The summed E-state index contributed by atoms with van der Waals surface area (Å²) in [6, 6.07) is 15.2. The van der Waals surface area contributed by atoms with Crippen LogP contribution in [0.5, 0.6) is 5.75 Å². The summed E-state index contributed by atoms with van der Waals surface area (Å²) in [6.45, 7) is 0. The number of methoxy groups -OCH3 is 1. The minimum atomic E-state index is -0.884. The number of rotatable bonds is 7. The van der Waals surface area contributed by atoms with Crippen LogP contribution in [0.25, 0.3) is 0 Å². The molecule has 1 heterocycles. The highest BCUT2D eigenvalue weighted by atomic mass is 16.5. The van der Waals surface area contributed by atoms with E-state index in [1.54, 1.807) is 54.7 Å². The van der Waals surface area contributed by atoms with Crippen LogP contribution in [0.2, 0.25) is 0 Å². The van der Waals surface area contributed by atoms with E-state index in [-0.39, 0.29) is 18.1 Å². The number of carbonyl (C=O) groups excluding carboxylic acids is 3. The molecule has 3 N–H and O–H groups in total. The molecule has 0 spiro atoms. The monoisotopic (exact) mass is 419 g/mol. The Morgan fingerprint density at radius 2 is 1.74 bits per heavy atom. The summed E-state index contributed by atoms with van der Waals surface area (Å²) in [7, 11) is 1.26.